The van der Waals surface area contributed by atoms with Crippen LogP contribution in [0.1, 0.15) is 23.8 Å². The van der Waals surface area contributed by atoms with Crippen molar-refractivity contribution in [1.82, 2.24) is 10.6 Å². The van der Waals surface area contributed by atoms with Crippen molar-refractivity contribution in [1.29, 1.82) is 0 Å². The molecule has 7 heteroatoms. The summed E-state index contributed by atoms with van der Waals surface area (Å²) < 4.78 is 11.4. The van der Waals surface area contributed by atoms with Gasteiger partial charge in [0.05, 0.1) is 26.3 Å². The third-order valence-electron chi connectivity index (χ3n) is 3.59. The van der Waals surface area contributed by atoms with E-state index in [1.165, 1.54) is 4.88 Å². The highest BCUT2D eigenvalue weighted by molar-refractivity contribution is 14.0. The second kappa shape index (κ2) is 10.5. The average molecular weight is 473 g/mol. The summed E-state index contributed by atoms with van der Waals surface area (Å²) in [7, 11) is 0. The van der Waals surface area contributed by atoms with Gasteiger partial charge in [0.25, 0.3) is 0 Å². The molecule has 0 bridgehead atoms. The molecule has 5 nitrogen and oxygen atoms in total. The second-order valence-electron chi connectivity index (χ2n) is 5.46. The minimum Gasteiger partial charge on any atom is -0.490 e. The Morgan fingerprint density at radius 2 is 2.00 bits per heavy atom. The molecular formula is C18H24IN3O2S. The van der Waals surface area contributed by atoms with Crippen LogP contribution in [-0.2, 0) is 13.1 Å². The molecule has 0 aliphatic carbocycles. The van der Waals surface area contributed by atoms with Crippen LogP contribution in [0.5, 0.6) is 11.5 Å². The standard InChI is InChI=1S/C18H23N3O2S.HI/c1-2-19-18(21-13-15-5-3-10-24-15)20-12-14-6-7-16-17(11-14)23-9-4-8-22-16;/h3,5-7,10-11H,2,4,8-9,12-13H2,1H3,(H2,19,20,21);1H. The maximum Gasteiger partial charge on any atom is 0.191 e. The van der Waals surface area contributed by atoms with Gasteiger partial charge in [-0.25, -0.2) is 4.99 Å². The number of ether oxygens (including phenoxy) is 2. The van der Waals surface area contributed by atoms with Crippen molar-refractivity contribution in [3.05, 3.63) is 46.2 Å². The first-order valence-electron chi connectivity index (χ1n) is 8.28. The van der Waals surface area contributed by atoms with E-state index < -0.39 is 0 Å². The highest BCUT2D eigenvalue weighted by atomic mass is 127. The molecule has 1 aromatic carbocycles. The first-order valence-corrected chi connectivity index (χ1v) is 9.16. The van der Waals surface area contributed by atoms with Gasteiger partial charge >= 0.3 is 0 Å². The van der Waals surface area contributed by atoms with Gasteiger partial charge in [0.1, 0.15) is 0 Å². The molecule has 0 fully saturated rings. The van der Waals surface area contributed by atoms with Crippen molar-refractivity contribution in [2.24, 2.45) is 4.99 Å². The van der Waals surface area contributed by atoms with E-state index in [1.807, 2.05) is 18.2 Å². The largest absolute Gasteiger partial charge is 0.490 e. The molecule has 0 spiro atoms. The third kappa shape index (κ3) is 6.07. The summed E-state index contributed by atoms with van der Waals surface area (Å²) in [5, 5.41) is 8.72. The van der Waals surface area contributed by atoms with Gasteiger partial charge in [-0.15, -0.1) is 35.3 Å². The second-order valence-corrected chi connectivity index (χ2v) is 6.49. The van der Waals surface area contributed by atoms with Gasteiger partial charge < -0.3 is 20.1 Å². The monoisotopic (exact) mass is 473 g/mol. The number of guanidine groups is 1. The smallest absolute Gasteiger partial charge is 0.191 e. The zero-order chi connectivity index (χ0) is 16.6. The van der Waals surface area contributed by atoms with Crippen molar-refractivity contribution in [2.45, 2.75) is 26.4 Å². The molecule has 136 valence electrons. The molecule has 25 heavy (non-hydrogen) atoms. The fourth-order valence-corrected chi connectivity index (χ4v) is 3.05. The minimum atomic E-state index is 0. The van der Waals surface area contributed by atoms with Crippen LogP contribution in [0.4, 0.5) is 0 Å². The topological polar surface area (TPSA) is 54.9 Å². The molecule has 0 saturated heterocycles. The third-order valence-corrected chi connectivity index (χ3v) is 4.46. The highest BCUT2D eigenvalue weighted by Crippen LogP contribution is 2.30. The zero-order valence-corrected chi connectivity index (χ0v) is 17.4. The maximum atomic E-state index is 5.74. The molecule has 2 aromatic rings. The predicted octanol–water partition coefficient (Wildman–Crippen LogP) is 3.78. The van der Waals surface area contributed by atoms with E-state index in [4.69, 9.17) is 9.47 Å². The lowest BCUT2D eigenvalue weighted by molar-refractivity contribution is 0.297. The number of hydrogen-bond acceptors (Lipinski definition) is 4. The van der Waals surface area contributed by atoms with E-state index in [-0.39, 0.29) is 24.0 Å². The minimum absolute atomic E-state index is 0. The quantitative estimate of drug-likeness (QED) is 0.395. The molecule has 1 aromatic heterocycles. The molecule has 0 unspecified atom stereocenters. The van der Waals surface area contributed by atoms with E-state index >= 15 is 0 Å². The Kier molecular flexibility index (Phi) is 8.33. The van der Waals surface area contributed by atoms with Crippen LogP contribution in [0.15, 0.2) is 40.7 Å². The van der Waals surface area contributed by atoms with Crippen LogP contribution in [0, 0.1) is 0 Å². The van der Waals surface area contributed by atoms with Gasteiger partial charge in [0.2, 0.25) is 0 Å². The van der Waals surface area contributed by atoms with Crippen LogP contribution in [0.2, 0.25) is 0 Å². The lowest BCUT2D eigenvalue weighted by Crippen LogP contribution is -2.36. The highest BCUT2D eigenvalue weighted by Gasteiger charge is 2.10. The Bertz CT molecular complexity index is 677. The van der Waals surface area contributed by atoms with Crippen molar-refractivity contribution in [3.8, 4) is 11.5 Å². The molecule has 0 atom stereocenters. The molecule has 0 saturated carbocycles. The predicted molar refractivity (Wildman–Crippen MR) is 113 cm³/mol. The van der Waals surface area contributed by atoms with Gasteiger partial charge in [0, 0.05) is 17.8 Å². The van der Waals surface area contributed by atoms with Crippen molar-refractivity contribution in [3.63, 3.8) is 0 Å². The first kappa shape index (κ1) is 19.8. The van der Waals surface area contributed by atoms with Crippen molar-refractivity contribution < 1.29 is 9.47 Å². The molecule has 0 amide bonds. The van der Waals surface area contributed by atoms with Crippen LogP contribution in [-0.4, -0.2) is 25.7 Å². The Labute approximate surface area is 169 Å². The first-order chi connectivity index (χ1) is 11.8. The molecule has 2 heterocycles. The average Bonchev–Trinajstić information content (AvgIpc) is 3.01. The van der Waals surface area contributed by atoms with Crippen LogP contribution in [0.25, 0.3) is 0 Å². The Morgan fingerprint density at radius 3 is 2.76 bits per heavy atom. The summed E-state index contributed by atoms with van der Waals surface area (Å²) in [6.07, 6.45) is 0.916. The van der Waals surface area contributed by atoms with Crippen LogP contribution < -0.4 is 20.1 Å². The van der Waals surface area contributed by atoms with Gasteiger partial charge in [-0.1, -0.05) is 12.1 Å². The van der Waals surface area contributed by atoms with Gasteiger partial charge in [-0.3, -0.25) is 0 Å². The van der Waals surface area contributed by atoms with Crippen molar-refractivity contribution in [2.75, 3.05) is 19.8 Å². The fraction of sp³-hybridized carbons (Fsp3) is 0.389. The molecule has 1 aliphatic heterocycles. The summed E-state index contributed by atoms with van der Waals surface area (Å²) in [5.74, 6) is 2.46. The van der Waals surface area contributed by atoms with E-state index in [9.17, 15) is 0 Å². The van der Waals surface area contributed by atoms with Gasteiger partial charge in [0.15, 0.2) is 17.5 Å². The normalized spacial score (nSPS) is 13.6. The van der Waals surface area contributed by atoms with Crippen LogP contribution >= 0.6 is 35.3 Å². The number of halogens is 1. The Balaban J connectivity index is 0.00000225. The Hall–Kier alpha value is -1.48. The number of hydrogen-bond donors (Lipinski definition) is 2. The SMILES string of the molecule is CCNC(=NCc1ccc2c(c1)OCCCO2)NCc1cccs1.I. The number of benzene rings is 1. The number of aliphatic imine (C=N–C) groups is 1. The Morgan fingerprint density at radius 1 is 1.16 bits per heavy atom. The number of nitrogens with one attached hydrogen (secondary N) is 2. The fourth-order valence-electron chi connectivity index (χ4n) is 2.40. The lowest BCUT2D eigenvalue weighted by atomic mass is 10.2. The van der Waals surface area contributed by atoms with E-state index in [1.54, 1.807) is 11.3 Å². The number of rotatable bonds is 5. The maximum absolute atomic E-state index is 5.74. The molecule has 0 radical (unpaired) electrons. The van der Waals surface area contributed by atoms with E-state index in [0.29, 0.717) is 19.8 Å². The van der Waals surface area contributed by atoms with E-state index in [0.717, 1.165) is 42.5 Å². The van der Waals surface area contributed by atoms with Gasteiger partial charge in [-0.05, 0) is 36.1 Å². The summed E-state index contributed by atoms with van der Waals surface area (Å²) in [4.78, 5) is 5.95. The van der Waals surface area contributed by atoms with Gasteiger partial charge in [-0.2, -0.15) is 0 Å². The lowest BCUT2D eigenvalue weighted by Gasteiger charge is -2.11. The molecule has 1 aliphatic rings. The number of fused-ring (bicyclic) bond motifs is 1. The summed E-state index contributed by atoms with van der Waals surface area (Å²) in [6.45, 7) is 5.68. The van der Waals surface area contributed by atoms with Crippen LogP contribution in [0.3, 0.4) is 0 Å². The molecule has 2 N–H and O–H groups in total. The van der Waals surface area contributed by atoms with E-state index in [2.05, 4.69) is 40.1 Å². The molecule has 3 rings (SSSR count). The zero-order valence-electron chi connectivity index (χ0n) is 14.3. The number of thiophene rings is 1. The summed E-state index contributed by atoms with van der Waals surface area (Å²) in [6, 6.07) is 10.2. The summed E-state index contributed by atoms with van der Waals surface area (Å²) in [5.41, 5.74) is 1.10. The molecular weight excluding hydrogens is 449 g/mol. The van der Waals surface area contributed by atoms with Crippen molar-refractivity contribution >= 4 is 41.3 Å². The summed E-state index contributed by atoms with van der Waals surface area (Å²) >= 11 is 1.74. The number of nitrogens with zero attached hydrogens (tertiary/aromatic N) is 1.